The van der Waals surface area contributed by atoms with Crippen molar-refractivity contribution in [2.24, 2.45) is 11.8 Å². The largest absolute Gasteiger partial charge is 0.481 e. The summed E-state index contributed by atoms with van der Waals surface area (Å²) in [5.41, 5.74) is 0.490. The van der Waals surface area contributed by atoms with E-state index in [0.29, 0.717) is 41.4 Å². The van der Waals surface area contributed by atoms with Gasteiger partial charge in [-0.1, -0.05) is 23.2 Å². The Morgan fingerprint density at radius 2 is 1.70 bits per heavy atom. The van der Waals surface area contributed by atoms with E-state index in [1.54, 1.807) is 18.2 Å². The molecule has 0 spiro atoms. The number of aliphatic carboxylic acids is 1. The summed E-state index contributed by atoms with van der Waals surface area (Å²) in [7, 11) is 0. The minimum Gasteiger partial charge on any atom is -0.481 e. The smallest absolute Gasteiger partial charge is 0.306 e. The molecule has 1 aliphatic carbocycles. The molecule has 0 saturated heterocycles. The third-order valence-corrected chi connectivity index (χ3v) is 4.20. The van der Waals surface area contributed by atoms with E-state index in [1.807, 2.05) is 0 Å². The standard InChI is InChI=1S/C14H15Cl2NO3/c15-10-5-6-11(16)12(7-10)17-13(18)8-1-3-9(4-2-8)14(19)20/h5-9H,1-4H2,(H,17,18)(H,19,20). The molecule has 1 aliphatic rings. The second kappa shape index (κ2) is 6.46. The summed E-state index contributed by atoms with van der Waals surface area (Å²) in [6.45, 7) is 0. The fourth-order valence-electron chi connectivity index (χ4n) is 2.43. The number of rotatable bonds is 3. The summed E-state index contributed by atoms with van der Waals surface area (Å²) in [4.78, 5) is 23.0. The molecular weight excluding hydrogens is 301 g/mol. The number of halogens is 2. The topological polar surface area (TPSA) is 66.4 Å². The van der Waals surface area contributed by atoms with Gasteiger partial charge in [0.2, 0.25) is 5.91 Å². The Balaban J connectivity index is 1.96. The van der Waals surface area contributed by atoms with Gasteiger partial charge >= 0.3 is 5.97 Å². The van der Waals surface area contributed by atoms with Crippen LogP contribution in [-0.4, -0.2) is 17.0 Å². The third-order valence-electron chi connectivity index (χ3n) is 3.63. The van der Waals surface area contributed by atoms with Crippen LogP contribution < -0.4 is 5.32 Å². The van der Waals surface area contributed by atoms with Gasteiger partial charge in [0.05, 0.1) is 16.6 Å². The van der Waals surface area contributed by atoms with Crippen molar-refractivity contribution in [3.63, 3.8) is 0 Å². The zero-order chi connectivity index (χ0) is 14.7. The summed E-state index contributed by atoms with van der Waals surface area (Å²) >= 11 is 11.9. The molecule has 108 valence electrons. The maximum absolute atomic E-state index is 12.1. The van der Waals surface area contributed by atoms with E-state index in [0.717, 1.165) is 0 Å². The highest BCUT2D eigenvalue weighted by molar-refractivity contribution is 6.35. The van der Waals surface area contributed by atoms with Crippen LogP contribution in [0.5, 0.6) is 0 Å². The number of carboxylic acids is 1. The van der Waals surface area contributed by atoms with Gasteiger partial charge in [-0.2, -0.15) is 0 Å². The molecule has 4 nitrogen and oxygen atoms in total. The van der Waals surface area contributed by atoms with Gasteiger partial charge in [-0.15, -0.1) is 0 Å². The van der Waals surface area contributed by atoms with E-state index in [2.05, 4.69) is 5.32 Å². The molecule has 0 heterocycles. The number of hydrogen-bond donors (Lipinski definition) is 2. The van der Waals surface area contributed by atoms with Crippen molar-refractivity contribution in [2.75, 3.05) is 5.32 Å². The second-order valence-corrected chi connectivity index (χ2v) is 5.84. The molecule has 0 radical (unpaired) electrons. The maximum atomic E-state index is 12.1. The number of amides is 1. The Bertz CT molecular complexity index is 525. The molecule has 6 heteroatoms. The maximum Gasteiger partial charge on any atom is 0.306 e. The van der Waals surface area contributed by atoms with E-state index in [1.165, 1.54) is 0 Å². The molecule has 1 amide bonds. The van der Waals surface area contributed by atoms with E-state index in [9.17, 15) is 9.59 Å². The number of benzene rings is 1. The molecule has 0 atom stereocenters. The summed E-state index contributed by atoms with van der Waals surface area (Å²) in [6, 6.07) is 4.88. The minimum absolute atomic E-state index is 0.127. The number of carboxylic acid groups (broad SMARTS) is 1. The lowest BCUT2D eigenvalue weighted by Crippen LogP contribution is -2.29. The van der Waals surface area contributed by atoms with Crippen LogP contribution in [0.15, 0.2) is 18.2 Å². The van der Waals surface area contributed by atoms with Gasteiger partial charge in [0.15, 0.2) is 0 Å². The predicted octanol–water partition coefficient (Wildman–Crippen LogP) is 3.82. The first kappa shape index (κ1) is 15.1. The van der Waals surface area contributed by atoms with Crippen molar-refractivity contribution in [1.82, 2.24) is 0 Å². The van der Waals surface area contributed by atoms with Crippen LogP contribution in [-0.2, 0) is 9.59 Å². The number of carbonyl (C=O) groups is 2. The SMILES string of the molecule is O=C(O)C1CCC(C(=O)Nc2cc(Cl)ccc2Cl)CC1. The first-order valence-electron chi connectivity index (χ1n) is 6.46. The molecule has 1 saturated carbocycles. The van der Waals surface area contributed by atoms with Crippen molar-refractivity contribution in [3.8, 4) is 0 Å². The zero-order valence-electron chi connectivity index (χ0n) is 10.7. The Morgan fingerprint density at radius 3 is 2.30 bits per heavy atom. The van der Waals surface area contributed by atoms with Gasteiger partial charge in [-0.25, -0.2) is 0 Å². The van der Waals surface area contributed by atoms with E-state index >= 15 is 0 Å². The number of carbonyl (C=O) groups excluding carboxylic acids is 1. The highest BCUT2D eigenvalue weighted by Crippen LogP contribution is 2.31. The Labute approximate surface area is 127 Å². The molecule has 0 unspecified atom stereocenters. The molecular formula is C14H15Cl2NO3. The van der Waals surface area contributed by atoms with Gasteiger partial charge in [-0.3, -0.25) is 9.59 Å². The molecule has 0 bridgehead atoms. The lowest BCUT2D eigenvalue weighted by molar-refractivity contribution is -0.143. The Kier molecular flexibility index (Phi) is 4.89. The quantitative estimate of drug-likeness (QED) is 0.891. The van der Waals surface area contributed by atoms with Gasteiger partial charge in [0.1, 0.15) is 0 Å². The van der Waals surface area contributed by atoms with E-state index in [-0.39, 0.29) is 17.7 Å². The highest BCUT2D eigenvalue weighted by atomic mass is 35.5. The van der Waals surface area contributed by atoms with Gasteiger partial charge in [0.25, 0.3) is 0 Å². The zero-order valence-corrected chi connectivity index (χ0v) is 12.2. The normalized spacial score (nSPS) is 22.3. The fraction of sp³-hybridized carbons (Fsp3) is 0.429. The predicted molar refractivity (Wildman–Crippen MR) is 78.2 cm³/mol. The summed E-state index contributed by atoms with van der Waals surface area (Å²) in [5.74, 6) is -1.39. The molecule has 1 fully saturated rings. The first-order chi connectivity index (χ1) is 9.47. The highest BCUT2D eigenvalue weighted by Gasteiger charge is 2.29. The second-order valence-electron chi connectivity index (χ2n) is 5.00. The van der Waals surface area contributed by atoms with Crippen LogP contribution in [0.1, 0.15) is 25.7 Å². The molecule has 0 aliphatic heterocycles. The first-order valence-corrected chi connectivity index (χ1v) is 7.21. The minimum atomic E-state index is -0.776. The molecule has 2 N–H and O–H groups in total. The van der Waals surface area contributed by atoms with Gasteiger partial charge < -0.3 is 10.4 Å². The van der Waals surface area contributed by atoms with Crippen LogP contribution >= 0.6 is 23.2 Å². The van der Waals surface area contributed by atoms with Crippen LogP contribution in [0.3, 0.4) is 0 Å². The van der Waals surface area contributed by atoms with Crippen LogP contribution in [0.2, 0.25) is 10.0 Å². The number of hydrogen-bond acceptors (Lipinski definition) is 2. The van der Waals surface area contributed by atoms with Crippen LogP contribution in [0, 0.1) is 11.8 Å². The third kappa shape index (κ3) is 3.64. The summed E-state index contributed by atoms with van der Waals surface area (Å²) < 4.78 is 0. The summed E-state index contributed by atoms with van der Waals surface area (Å²) in [6.07, 6.45) is 2.25. The van der Waals surface area contributed by atoms with Crippen LogP contribution in [0.25, 0.3) is 0 Å². The molecule has 1 aromatic rings. The van der Waals surface area contributed by atoms with Crippen molar-refractivity contribution >= 4 is 40.8 Å². The average Bonchev–Trinajstić information content (AvgIpc) is 2.43. The van der Waals surface area contributed by atoms with E-state index < -0.39 is 5.97 Å². The van der Waals surface area contributed by atoms with Gasteiger partial charge in [-0.05, 0) is 43.9 Å². The number of anilines is 1. The van der Waals surface area contributed by atoms with Gasteiger partial charge in [0, 0.05) is 10.9 Å². The summed E-state index contributed by atoms with van der Waals surface area (Å²) in [5, 5.41) is 12.6. The van der Waals surface area contributed by atoms with E-state index in [4.69, 9.17) is 28.3 Å². The van der Waals surface area contributed by atoms with Crippen molar-refractivity contribution in [1.29, 1.82) is 0 Å². The molecule has 20 heavy (non-hydrogen) atoms. The number of nitrogens with one attached hydrogen (secondary N) is 1. The Hall–Kier alpha value is -1.26. The monoisotopic (exact) mass is 315 g/mol. The van der Waals surface area contributed by atoms with Crippen molar-refractivity contribution in [3.05, 3.63) is 28.2 Å². The van der Waals surface area contributed by atoms with Crippen molar-refractivity contribution < 1.29 is 14.7 Å². The van der Waals surface area contributed by atoms with Crippen molar-refractivity contribution in [2.45, 2.75) is 25.7 Å². The fourth-order valence-corrected chi connectivity index (χ4v) is 2.77. The molecule has 0 aromatic heterocycles. The Morgan fingerprint density at radius 1 is 1.10 bits per heavy atom. The molecule has 2 rings (SSSR count). The average molecular weight is 316 g/mol. The molecule has 1 aromatic carbocycles. The lowest BCUT2D eigenvalue weighted by Gasteiger charge is -2.25. The lowest BCUT2D eigenvalue weighted by atomic mass is 9.81. The van der Waals surface area contributed by atoms with Crippen LogP contribution in [0.4, 0.5) is 5.69 Å².